The molecule has 0 saturated carbocycles. The van der Waals surface area contributed by atoms with Crippen molar-refractivity contribution in [1.29, 1.82) is 0 Å². The summed E-state index contributed by atoms with van der Waals surface area (Å²) in [7, 11) is 1.33. The molecule has 20 heavy (non-hydrogen) atoms. The number of nitro groups is 1. The molecule has 0 bridgehead atoms. The quantitative estimate of drug-likeness (QED) is 0.485. The van der Waals surface area contributed by atoms with Gasteiger partial charge in [-0.25, -0.2) is 4.79 Å². The minimum atomic E-state index is -0.435. The van der Waals surface area contributed by atoms with Gasteiger partial charge in [0.15, 0.2) is 0 Å². The van der Waals surface area contributed by atoms with E-state index in [0.717, 1.165) is 18.7 Å². The lowest BCUT2D eigenvalue weighted by atomic mass is 10.2. The van der Waals surface area contributed by atoms with Crippen LogP contribution in [0.5, 0.6) is 0 Å². The third kappa shape index (κ3) is 3.30. The van der Waals surface area contributed by atoms with Gasteiger partial charge in [-0.2, -0.15) is 0 Å². The summed E-state index contributed by atoms with van der Waals surface area (Å²) < 4.78 is 5.18. The van der Waals surface area contributed by atoms with Gasteiger partial charge in [-0.15, -0.1) is 0 Å². The Morgan fingerprint density at radius 2 is 2.35 bits per heavy atom. The van der Waals surface area contributed by atoms with Crippen molar-refractivity contribution < 1.29 is 14.5 Å². The lowest BCUT2D eigenvalue weighted by Crippen LogP contribution is -2.36. The molecule has 8 heteroatoms. The summed E-state index contributed by atoms with van der Waals surface area (Å²) in [6, 6.07) is 5.08. The minimum Gasteiger partial charge on any atom is -0.453 e. The number of ether oxygens (including phenoxy) is 1. The van der Waals surface area contributed by atoms with E-state index in [9.17, 15) is 14.9 Å². The maximum absolute atomic E-state index is 11.2. The Balaban J connectivity index is 2.05. The van der Waals surface area contributed by atoms with Gasteiger partial charge in [0.05, 0.1) is 21.6 Å². The Kier molecular flexibility index (Phi) is 4.63. The van der Waals surface area contributed by atoms with Crippen molar-refractivity contribution in [3.8, 4) is 0 Å². The predicted molar refractivity (Wildman–Crippen MR) is 82.0 cm³/mol. The fourth-order valence-corrected chi connectivity index (χ4v) is 2.87. The Morgan fingerprint density at radius 3 is 2.95 bits per heavy atom. The van der Waals surface area contributed by atoms with Crippen LogP contribution < -0.4 is 10.2 Å². The van der Waals surface area contributed by atoms with Crippen LogP contribution in [0, 0.1) is 13.7 Å². The number of alkyl carbamates (subject to hydrolysis) is 1. The van der Waals surface area contributed by atoms with Gasteiger partial charge in [0.2, 0.25) is 0 Å². The highest BCUT2D eigenvalue weighted by atomic mass is 127. The van der Waals surface area contributed by atoms with Gasteiger partial charge in [-0.3, -0.25) is 10.1 Å². The topological polar surface area (TPSA) is 84.7 Å². The Labute approximate surface area is 129 Å². The van der Waals surface area contributed by atoms with E-state index in [1.807, 2.05) is 22.6 Å². The highest BCUT2D eigenvalue weighted by Gasteiger charge is 2.25. The van der Waals surface area contributed by atoms with Crippen molar-refractivity contribution in [2.24, 2.45) is 0 Å². The molecule has 108 valence electrons. The summed E-state index contributed by atoms with van der Waals surface area (Å²) in [5.41, 5.74) is 1.03. The first-order chi connectivity index (χ1) is 9.51. The first-order valence-electron chi connectivity index (χ1n) is 6.04. The standard InChI is InChI=1S/C12H14IN3O4/c1-20-12(17)14-8-4-5-15(7-8)9-2-3-11(16(18)19)10(13)6-9/h2-3,6,8H,4-5,7H2,1H3,(H,14,17). The number of rotatable bonds is 3. The second-order valence-corrected chi connectivity index (χ2v) is 5.62. The Bertz CT molecular complexity index is 537. The van der Waals surface area contributed by atoms with Gasteiger partial charge >= 0.3 is 6.09 Å². The number of carbonyl (C=O) groups excluding carboxylic acids is 1. The average molecular weight is 391 g/mol. The fraction of sp³-hybridized carbons (Fsp3) is 0.417. The minimum absolute atomic E-state index is 0.0373. The molecule has 1 atom stereocenters. The van der Waals surface area contributed by atoms with E-state index in [2.05, 4.69) is 15.0 Å². The zero-order valence-electron chi connectivity index (χ0n) is 10.8. The molecule has 1 amide bonds. The number of methoxy groups -OCH3 is 1. The number of hydrogen-bond donors (Lipinski definition) is 1. The summed E-state index contributed by atoms with van der Waals surface area (Å²) >= 11 is 1.96. The molecule has 1 saturated heterocycles. The lowest BCUT2D eigenvalue weighted by Gasteiger charge is -2.19. The Hall–Kier alpha value is -1.58. The summed E-state index contributed by atoms with van der Waals surface area (Å²) in [5, 5.41) is 13.5. The van der Waals surface area contributed by atoms with Crippen LogP contribution in [0.4, 0.5) is 16.2 Å². The van der Waals surface area contributed by atoms with Gasteiger partial charge in [-0.1, -0.05) is 0 Å². The molecule has 1 heterocycles. The lowest BCUT2D eigenvalue weighted by molar-refractivity contribution is -0.385. The Morgan fingerprint density at radius 1 is 1.60 bits per heavy atom. The molecule has 1 aromatic carbocycles. The molecular weight excluding hydrogens is 377 g/mol. The number of halogens is 1. The van der Waals surface area contributed by atoms with Crippen LogP contribution in [0.2, 0.25) is 0 Å². The monoisotopic (exact) mass is 391 g/mol. The highest BCUT2D eigenvalue weighted by Crippen LogP contribution is 2.28. The van der Waals surface area contributed by atoms with Crippen molar-refractivity contribution in [3.05, 3.63) is 31.9 Å². The van der Waals surface area contributed by atoms with Crippen molar-refractivity contribution in [2.75, 3.05) is 25.1 Å². The van der Waals surface area contributed by atoms with Gasteiger partial charge in [0.1, 0.15) is 0 Å². The van der Waals surface area contributed by atoms with E-state index >= 15 is 0 Å². The van der Waals surface area contributed by atoms with Crippen LogP contribution in [0.3, 0.4) is 0 Å². The number of benzene rings is 1. The molecule has 1 aliphatic heterocycles. The number of anilines is 1. The van der Waals surface area contributed by atoms with Crippen LogP contribution >= 0.6 is 22.6 Å². The highest BCUT2D eigenvalue weighted by molar-refractivity contribution is 14.1. The molecular formula is C12H14IN3O4. The fourth-order valence-electron chi connectivity index (χ4n) is 2.18. The molecule has 1 aliphatic rings. The van der Waals surface area contributed by atoms with Gasteiger partial charge in [-0.05, 0) is 41.1 Å². The van der Waals surface area contributed by atoms with Crippen LogP contribution in [0.15, 0.2) is 18.2 Å². The zero-order valence-corrected chi connectivity index (χ0v) is 13.0. The summed E-state index contributed by atoms with van der Waals surface area (Å²) in [6.07, 6.45) is 0.387. The first kappa shape index (κ1) is 14.8. The number of nitrogens with one attached hydrogen (secondary N) is 1. The van der Waals surface area contributed by atoms with Crippen LogP contribution in [-0.2, 0) is 4.74 Å². The molecule has 1 aromatic rings. The molecule has 2 rings (SSSR count). The third-order valence-corrected chi connectivity index (χ3v) is 4.05. The molecule has 0 radical (unpaired) electrons. The first-order valence-corrected chi connectivity index (χ1v) is 7.12. The summed E-state index contributed by atoms with van der Waals surface area (Å²) in [5.74, 6) is 0. The van der Waals surface area contributed by atoms with E-state index in [4.69, 9.17) is 0 Å². The zero-order chi connectivity index (χ0) is 14.7. The van der Waals surface area contributed by atoms with E-state index in [-0.39, 0.29) is 11.7 Å². The molecule has 0 aliphatic carbocycles. The van der Waals surface area contributed by atoms with Crippen LogP contribution in [-0.4, -0.2) is 37.3 Å². The van der Waals surface area contributed by atoms with E-state index < -0.39 is 11.0 Å². The van der Waals surface area contributed by atoms with Crippen molar-refractivity contribution >= 4 is 40.1 Å². The molecule has 1 unspecified atom stereocenters. The van der Waals surface area contributed by atoms with Gasteiger partial charge in [0, 0.05) is 24.8 Å². The SMILES string of the molecule is COC(=O)NC1CCN(c2ccc([N+](=O)[O-])c(I)c2)C1. The molecule has 1 N–H and O–H groups in total. The van der Waals surface area contributed by atoms with Gasteiger partial charge in [0.25, 0.3) is 5.69 Å². The molecule has 0 spiro atoms. The van der Waals surface area contributed by atoms with E-state index in [0.29, 0.717) is 10.1 Å². The summed E-state index contributed by atoms with van der Waals surface area (Å²) in [4.78, 5) is 23.6. The second-order valence-electron chi connectivity index (χ2n) is 4.46. The second kappa shape index (κ2) is 6.25. The number of hydrogen-bond acceptors (Lipinski definition) is 5. The van der Waals surface area contributed by atoms with E-state index in [1.54, 1.807) is 12.1 Å². The molecule has 1 fully saturated rings. The third-order valence-electron chi connectivity index (χ3n) is 3.19. The average Bonchev–Trinajstić information content (AvgIpc) is 2.86. The van der Waals surface area contributed by atoms with E-state index in [1.165, 1.54) is 13.2 Å². The molecule has 7 nitrogen and oxygen atoms in total. The maximum atomic E-state index is 11.2. The van der Waals surface area contributed by atoms with Crippen LogP contribution in [0.25, 0.3) is 0 Å². The van der Waals surface area contributed by atoms with Crippen molar-refractivity contribution in [3.63, 3.8) is 0 Å². The van der Waals surface area contributed by atoms with Crippen molar-refractivity contribution in [2.45, 2.75) is 12.5 Å². The summed E-state index contributed by atoms with van der Waals surface area (Å²) in [6.45, 7) is 1.46. The smallest absolute Gasteiger partial charge is 0.407 e. The number of nitrogens with zero attached hydrogens (tertiary/aromatic N) is 2. The van der Waals surface area contributed by atoms with Gasteiger partial charge < -0.3 is 15.0 Å². The number of amides is 1. The number of carbonyl (C=O) groups is 1. The predicted octanol–water partition coefficient (Wildman–Crippen LogP) is 2.13. The number of nitro benzene ring substituents is 1. The maximum Gasteiger partial charge on any atom is 0.407 e. The van der Waals surface area contributed by atoms with Crippen molar-refractivity contribution in [1.82, 2.24) is 5.32 Å². The molecule has 0 aromatic heterocycles. The van der Waals surface area contributed by atoms with Crippen LogP contribution in [0.1, 0.15) is 6.42 Å². The largest absolute Gasteiger partial charge is 0.453 e. The normalized spacial score (nSPS) is 17.9.